The highest BCUT2D eigenvalue weighted by atomic mass is 16.3. The molecule has 0 aromatic carbocycles. The molecule has 0 aliphatic rings. The van der Waals surface area contributed by atoms with E-state index in [1.54, 1.807) is 6.92 Å². The SMILES string of the molecule is CCCC(C)NC(=O)C(C)NC(CO)(CO)CO. The molecule has 108 valence electrons. The molecule has 0 aromatic rings. The Hall–Kier alpha value is -0.690. The third-order valence-electron chi connectivity index (χ3n) is 2.93. The Morgan fingerprint density at radius 1 is 1.17 bits per heavy atom. The van der Waals surface area contributed by atoms with Gasteiger partial charge in [0.15, 0.2) is 0 Å². The summed E-state index contributed by atoms with van der Waals surface area (Å²) in [6, 6.07) is -0.519. The molecular weight excluding hydrogens is 236 g/mol. The van der Waals surface area contributed by atoms with Crippen LogP contribution in [0.3, 0.4) is 0 Å². The molecular formula is C12H26N2O4. The number of nitrogens with one attached hydrogen (secondary N) is 2. The molecule has 2 unspecified atom stereocenters. The first-order valence-electron chi connectivity index (χ1n) is 6.35. The van der Waals surface area contributed by atoms with Gasteiger partial charge in [-0.25, -0.2) is 0 Å². The van der Waals surface area contributed by atoms with Crippen LogP contribution in [0.25, 0.3) is 0 Å². The highest BCUT2D eigenvalue weighted by Crippen LogP contribution is 2.04. The number of hydrogen-bond acceptors (Lipinski definition) is 5. The lowest BCUT2D eigenvalue weighted by Crippen LogP contribution is -2.61. The van der Waals surface area contributed by atoms with E-state index < -0.39 is 31.4 Å². The molecule has 0 spiro atoms. The predicted octanol–water partition coefficient (Wildman–Crippen LogP) is -1.01. The lowest BCUT2D eigenvalue weighted by atomic mass is 10.0. The number of amides is 1. The van der Waals surface area contributed by atoms with Gasteiger partial charge in [-0.2, -0.15) is 0 Å². The summed E-state index contributed by atoms with van der Waals surface area (Å²) in [4.78, 5) is 11.8. The number of aliphatic hydroxyl groups is 3. The summed E-state index contributed by atoms with van der Waals surface area (Å²) >= 11 is 0. The maximum Gasteiger partial charge on any atom is 0.237 e. The van der Waals surface area contributed by atoms with E-state index in [2.05, 4.69) is 10.6 Å². The summed E-state index contributed by atoms with van der Waals surface area (Å²) in [7, 11) is 0. The van der Waals surface area contributed by atoms with Crippen molar-refractivity contribution in [3.63, 3.8) is 0 Å². The lowest BCUT2D eigenvalue weighted by Gasteiger charge is -2.32. The summed E-state index contributed by atoms with van der Waals surface area (Å²) in [6.45, 7) is 4.26. The van der Waals surface area contributed by atoms with Gasteiger partial charge in [-0.1, -0.05) is 13.3 Å². The van der Waals surface area contributed by atoms with Crippen LogP contribution < -0.4 is 10.6 Å². The molecule has 5 N–H and O–H groups in total. The molecule has 0 aromatic heterocycles. The van der Waals surface area contributed by atoms with Gasteiger partial charge in [-0.3, -0.25) is 10.1 Å². The number of hydrogen-bond donors (Lipinski definition) is 5. The first-order valence-corrected chi connectivity index (χ1v) is 6.35. The van der Waals surface area contributed by atoms with E-state index in [1.165, 1.54) is 0 Å². The second-order valence-electron chi connectivity index (χ2n) is 4.82. The fourth-order valence-corrected chi connectivity index (χ4v) is 1.68. The summed E-state index contributed by atoms with van der Waals surface area (Å²) in [6.07, 6.45) is 1.88. The number of carbonyl (C=O) groups excluding carboxylic acids is 1. The predicted molar refractivity (Wildman–Crippen MR) is 69.1 cm³/mol. The number of aliphatic hydroxyl groups excluding tert-OH is 3. The molecule has 0 radical (unpaired) electrons. The quantitative estimate of drug-likeness (QED) is 0.366. The van der Waals surface area contributed by atoms with E-state index in [4.69, 9.17) is 15.3 Å². The van der Waals surface area contributed by atoms with Crippen LogP contribution in [0.4, 0.5) is 0 Å². The van der Waals surface area contributed by atoms with E-state index in [0.717, 1.165) is 12.8 Å². The van der Waals surface area contributed by atoms with Crippen LogP contribution in [0.15, 0.2) is 0 Å². The maximum atomic E-state index is 11.8. The van der Waals surface area contributed by atoms with Crippen molar-refractivity contribution in [1.82, 2.24) is 10.6 Å². The highest BCUT2D eigenvalue weighted by molar-refractivity contribution is 5.81. The standard InChI is InChI=1S/C12H26N2O4/c1-4-5-9(2)13-11(18)10(3)14-12(6-15,7-16)8-17/h9-10,14-17H,4-8H2,1-3H3,(H,13,18). The molecule has 0 bridgehead atoms. The fraction of sp³-hybridized carbons (Fsp3) is 0.917. The van der Waals surface area contributed by atoms with Crippen molar-refractivity contribution in [3.05, 3.63) is 0 Å². The van der Waals surface area contributed by atoms with Gasteiger partial charge < -0.3 is 20.6 Å². The zero-order valence-corrected chi connectivity index (χ0v) is 11.4. The van der Waals surface area contributed by atoms with Crippen LogP contribution in [0.5, 0.6) is 0 Å². The van der Waals surface area contributed by atoms with Crippen molar-refractivity contribution in [1.29, 1.82) is 0 Å². The van der Waals surface area contributed by atoms with Crippen LogP contribution in [0, 0.1) is 0 Å². The Balaban J connectivity index is 4.37. The topological polar surface area (TPSA) is 102 Å². The Bertz CT molecular complexity index is 236. The third kappa shape index (κ3) is 5.30. The highest BCUT2D eigenvalue weighted by Gasteiger charge is 2.31. The minimum atomic E-state index is -1.23. The molecule has 6 heteroatoms. The van der Waals surface area contributed by atoms with E-state index >= 15 is 0 Å². The molecule has 0 rings (SSSR count). The molecule has 0 heterocycles. The second-order valence-corrected chi connectivity index (χ2v) is 4.82. The first kappa shape index (κ1) is 17.3. The van der Waals surface area contributed by atoms with Crippen LogP contribution in [-0.2, 0) is 4.79 Å². The van der Waals surface area contributed by atoms with Gasteiger partial charge in [0.2, 0.25) is 5.91 Å². The molecule has 6 nitrogen and oxygen atoms in total. The van der Waals surface area contributed by atoms with E-state index in [9.17, 15) is 4.79 Å². The molecule has 1 amide bonds. The van der Waals surface area contributed by atoms with Crippen molar-refractivity contribution < 1.29 is 20.1 Å². The van der Waals surface area contributed by atoms with Crippen molar-refractivity contribution in [2.45, 2.75) is 51.2 Å². The van der Waals surface area contributed by atoms with Crippen molar-refractivity contribution in [2.75, 3.05) is 19.8 Å². The zero-order valence-electron chi connectivity index (χ0n) is 11.4. The van der Waals surface area contributed by atoms with Gasteiger partial charge in [0.05, 0.1) is 31.4 Å². The molecule has 0 fully saturated rings. The number of carbonyl (C=O) groups is 1. The fourth-order valence-electron chi connectivity index (χ4n) is 1.68. The monoisotopic (exact) mass is 262 g/mol. The minimum Gasteiger partial charge on any atom is -0.394 e. The van der Waals surface area contributed by atoms with Crippen LogP contribution in [-0.4, -0.2) is 58.7 Å². The van der Waals surface area contributed by atoms with Gasteiger partial charge in [0, 0.05) is 6.04 Å². The third-order valence-corrected chi connectivity index (χ3v) is 2.93. The van der Waals surface area contributed by atoms with Crippen molar-refractivity contribution >= 4 is 5.91 Å². The zero-order chi connectivity index (χ0) is 14.2. The van der Waals surface area contributed by atoms with Crippen LogP contribution >= 0.6 is 0 Å². The van der Waals surface area contributed by atoms with E-state index in [-0.39, 0.29) is 11.9 Å². The van der Waals surface area contributed by atoms with Crippen molar-refractivity contribution in [3.8, 4) is 0 Å². The molecule has 2 atom stereocenters. The Labute approximate surface area is 108 Å². The van der Waals surface area contributed by atoms with Crippen LogP contribution in [0.1, 0.15) is 33.6 Å². The normalized spacial score (nSPS) is 15.2. The lowest BCUT2D eigenvalue weighted by molar-refractivity contribution is -0.124. The average Bonchev–Trinajstić information content (AvgIpc) is 2.36. The number of rotatable bonds is 9. The minimum absolute atomic E-state index is 0.0820. The van der Waals surface area contributed by atoms with Crippen molar-refractivity contribution in [2.24, 2.45) is 0 Å². The van der Waals surface area contributed by atoms with Gasteiger partial charge in [-0.05, 0) is 20.3 Å². The Morgan fingerprint density at radius 3 is 2.06 bits per heavy atom. The molecule has 0 aliphatic carbocycles. The van der Waals surface area contributed by atoms with Gasteiger partial charge in [0.25, 0.3) is 0 Å². The molecule has 18 heavy (non-hydrogen) atoms. The van der Waals surface area contributed by atoms with Gasteiger partial charge in [-0.15, -0.1) is 0 Å². The van der Waals surface area contributed by atoms with Gasteiger partial charge in [0.1, 0.15) is 0 Å². The first-order chi connectivity index (χ1) is 8.44. The summed E-state index contributed by atoms with van der Waals surface area (Å²) in [5.74, 6) is -0.212. The largest absolute Gasteiger partial charge is 0.394 e. The Morgan fingerprint density at radius 2 is 1.67 bits per heavy atom. The Kier molecular flexibility index (Phi) is 8.10. The van der Waals surface area contributed by atoms with E-state index in [1.807, 2.05) is 13.8 Å². The maximum absolute atomic E-state index is 11.8. The van der Waals surface area contributed by atoms with E-state index in [0.29, 0.717) is 0 Å². The summed E-state index contributed by atoms with van der Waals surface area (Å²) < 4.78 is 0. The summed E-state index contributed by atoms with van der Waals surface area (Å²) in [5.41, 5.74) is -1.23. The van der Waals surface area contributed by atoms with Gasteiger partial charge >= 0.3 is 0 Å². The molecule has 0 aliphatic heterocycles. The molecule has 0 saturated heterocycles. The second kappa shape index (κ2) is 8.42. The molecule has 0 saturated carbocycles. The van der Waals surface area contributed by atoms with Crippen LogP contribution in [0.2, 0.25) is 0 Å². The average molecular weight is 262 g/mol. The smallest absolute Gasteiger partial charge is 0.237 e. The summed E-state index contributed by atoms with van der Waals surface area (Å²) in [5, 5.41) is 33.1.